The molecule has 1 aromatic rings. The molecule has 0 saturated heterocycles. The Bertz CT molecular complexity index is 493. The standard InChI is InChI=1S/C8H3F3N2O2/c9-8(10,11)6-5(2-1-3-14)7(15)13-4-12-6/h3-4H,(H,12,13,15). The third-order valence-corrected chi connectivity index (χ3v) is 1.38. The number of aromatic amines is 1. The van der Waals surface area contributed by atoms with Crippen LogP contribution in [-0.2, 0) is 11.0 Å². The van der Waals surface area contributed by atoms with Gasteiger partial charge in [0.15, 0.2) is 12.0 Å². The minimum absolute atomic E-state index is 0.0899. The first-order valence-corrected chi connectivity index (χ1v) is 3.57. The molecule has 0 radical (unpaired) electrons. The van der Waals surface area contributed by atoms with Gasteiger partial charge in [0.2, 0.25) is 0 Å². The van der Waals surface area contributed by atoms with Crippen molar-refractivity contribution in [3.63, 3.8) is 0 Å². The number of nitrogens with one attached hydrogen (secondary N) is 1. The van der Waals surface area contributed by atoms with Gasteiger partial charge in [-0.15, -0.1) is 0 Å². The molecule has 0 spiro atoms. The summed E-state index contributed by atoms with van der Waals surface area (Å²) in [6.45, 7) is 0. The number of hydrogen-bond acceptors (Lipinski definition) is 3. The first kappa shape index (κ1) is 11.0. The van der Waals surface area contributed by atoms with Gasteiger partial charge in [0.1, 0.15) is 5.56 Å². The van der Waals surface area contributed by atoms with Crippen LogP contribution in [0, 0.1) is 11.8 Å². The molecule has 0 saturated carbocycles. The Morgan fingerprint density at radius 1 is 1.47 bits per heavy atom. The van der Waals surface area contributed by atoms with Crippen molar-refractivity contribution in [3.8, 4) is 11.8 Å². The summed E-state index contributed by atoms with van der Waals surface area (Å²) in [6.07, 6.45) is -4.06. The third-order valence-electron chi connectivity index (χ3n) is 1.38. The molecular weight excluding hydrogens is 213 g/mol. The predicted octanol–water partition coefficient (Wildman–Crippen LogP) is 0.339. The molecule has 1 N–H and O–H groups in total. The van der Waals surface area contributed by atoms with Crippen molar-refractivity contribution >= 4 is 6.29 Å². The van der Waals surface area contributed by atoms with Crippen LogP contribution < -0.4 is 5.56 Å². The summed E-state index contributed by atoms with van der Waals surface area (Å²) in [6, 6.07) is 0. The summed E-state index contributed by atoms with van der Waals surface area (Å²) in [5, 5.41) is 0. The number of alkyl halides is 3. The Kier molecular flexibility index (Phi) is 2.90. The molecule has 1 heterocycles. The van der Waals surface area contributed by atoms with E-state index in [1.807, 2.05) is 4.98 Å². The first-order valence-electron chi connectivity index (χ1n) is 3.57. The molecule has 15 heavy (non-hydrogen) atoms. The maximum Gasteiger partial charge on any atom is 0.434 e. The summed E-state index contributed by atoms with van der Waals surface area (Å²) >= 11 is 0. The van der Waals surface area contributed by atoms with E-state index in [2.05, 4.69) is 4.98 Å². The average Bonchev–Trinajstić information content (AvgIpc) is 2.14. The van der Waals surface area contributed by atoms with Crippen LogP contribution in [0.2, 0.25) is 0 Å². The predicted molar refractivity (Wildman–Crippen MR) is 42.8 cm³/mol. The molecule has 0 amide bonds. The molecule has 0 aromatic carbocycles. The summed E-state index contributed by atoms with van der Waals surface area (Å²) < 4.78 is 36.9. The van der Waals surface area contributed by atoms with Crippen LogP contribution in [0.4, 0.5) is 13.2 Å². The second kappa shape index (κ2) is 3.96. The van der Waals surface area contributed by atoms with Crippen LogP contribution >= 0.6 is 0 Å². The highest BCUT2D eigenvalue weighted by Gasteiger charge is 2.36. The number of rotatable bonds is 0. The van der Waals surface area contributed by atoms with E-state index in [1.165, 1.54) is 0 Å². The SMILES string of the molecule is O=CC#Cc1c(C(F)(F)F)nc[nH]c1=O. The summed E-state index contributed by atoms with van der Waals surface area (Å²) in [4.78, 5) is 25.7. The molecule has 1 aromatic heterocycles. The lowest BCUT2D eigenvalue weighted by Gasteiger charge is -2.05. The van der Waals surface area contributed by atoms with Crippen molar-refractivity contribution in [1.82, 2.24) is 9.97 Å². The second-order valence-electron chi connectivity index (χ2n) is 2.34. The highest BCUT2D eigenvalue weighted by atomic mass is 19.4. The maximum absolute atomic E-state index is 12.3. The van der Waals surface area contributed by atoms with E-state index in [9.17, 15) is 22.8 Å². The summed E-state index contributed by atoms with van der Waals surface area (Å²) in [5.41, 5.74) is -3.30. The molecule has 78 valence electrons. The largest absolute Gasteiger partial charge is 0.434 e. The molecule has 4 nitrogen and oxygen atoms in total. The van der Waals surface area contributed by atoms with Gasteiger partial charge in [0.25, 0.3) is 5.56 Å². The third kappa shape index (κ3) is 2.43. The highest BCUT2D eigenvalue weighted by Crippen LogP contribution is 2.28. The Morgan fingerprint density at radius 3 is 2.67 bits per heavy atom. The number of aldehydes is 1. The van der Waals surface area contributed by atoms with Crippen molar-refractivity contribution in [2.75, 3.05) is 0 Å². The van der Waals surface area contributed by atoms with E-state index in [4.69, 9.17) is 0 Å². The summed E-state index contributed by atoms with van der Waals surface area (Å²) in [7, 11) is 0. The van der Waals surface area contributed by atoms with Crippen molar-refractivity contribution in [2.45, 2.75) is 6.18 Å². The molecule has 0 unspecified atom stereocenters. The molecule has 7 heteroatoms. The molecular formula is C8H3F3N2O2. The zero-order valence-corrected chi connectivity index (χ0v) is 7.05. The van der Waals surface area contributed by atoms with Crippen LogP contribution in [-0.4, -0.2) is 16.3 Å². The van der Waals surface area contributed by atoms with E-state index >= 15 is 0 Å². The lowest BCUT2D eigenvalue weighted by Crippen LogP contribution is -2.20. The minimum Gasteiger partial charge on any atom is -0.312 e. The number of carbonyl (C=O) groups is 1. The topological polar surface area (TPSA) is 62.8 Å². The molecule has 0 aliphatic carbocycles. The van der Waals surface area contributed by atoms with Crippen molar-refractivity contribution in [3.05, 3.63) is 27.9 Å². The van der Waals surface area contributed by atoms with Crippen LogP contribution in [0.5, 0.6) is 0 Å². The lowest BCUT2D eigenvalue weighted by molar-refractivity contribution is -0.141. The Morgan fingerprint density at radius 2 is 2.13 bits per heavy atom. The molecule has 0 atom stereocenters. The fourth-order valence-corrected chi connectivity index (χ4v) is 0.832. The van der Waals surface area contributed by atoms with Gasteiger partial charge in [-0.3, -0.25) is 9.59 Å². The van der Waals surface area contributed by atoms with Crippen molar-refractivity contribution in [1.29, 1.82) is 0 Å². The van der Waals surface area contributed by atoms with Gasteiger partial charge < -0.3 is 4.98 Å². The van der Waals surface area contributed by atoms with Crippen molar-refractivity contribution in [2.24, 2.45) is 0 Å². The lowest BCUT2D eigenvalue weighted by atomic mass is 10.2. The van der Waals surface area contributed by atoms with Gasteiger partial charge in [-0.2, -0.15) is 13.2 Å². The van der Waals surface area contributed by atoms with E-state index in [0.29, 0.717) is 6.33 Å². The van der Waals surface area contributed by atoms with E-state index in [1.54, 1.807) is 11.8 Å². The average molecular weight is 216 g/mol. The number of nitrogens with zero attached hydrogens (tertiary/aromatic N) is 1. The quantitative estimate of drug-likeness (QED) is 0.502. The fourth-order valence-electron chi connectivity index (χ4n) is 0.832. The zero-order chi connectivity index (χ0) is 11.5. The normalized spacial score (nSPS) is 10.3. The van der Waals surface area contributed by atoms with Gasteiger partial charge in [-0.05, 0) is 5.92 Å². The van der Waals surface area contributed by atoms with Crippen LogP contribution in [0.3, 0.4) is 0 Å². The molecule has 0 fully saturated rings. The Balaban J connectivity index is 3.47. The summed E-state index contributed by atoms with van der Waals surface area (Å²) in [5.74, 6) is 3.52. The van der Waals surface area contributed by atoms with Gasteiger partial charge in [0.05, 0.1) is 6.33 Å². The Hall–Kier alpha value is -2.10. The smallest absolute Gasteiger partial charge is 0.312 e. The molecule has 1 rings (SSSR count). The number of halogens is 3. The van der Waals surface area contributed by atoms with Crippen LogP contribution in [0.1, 0.15) is 11.3 Å². The van der Waals surface area contributed by atoms with E-state index < -0.39 is 23.0 Å². The number of hydrogen-bond donors (Lipinski definition) is 1. The van der Waals surface area contributed by atoms with E-state index in [0.717, 1.165) is 0 Å². The van der Waals surface area contributed by atoms with Crippen LogP contribution in [0.25, 0.3) is 0 Å². The first-order chi connectivity index (χ1) is 6.96. The second-order valence-corrected chi connectivity index (χ2v) is 2.34. The molecule has 0 aliphatic heterocycles. The van der Waals surface area contributed by atoms with Gasteiger partial charge in [0, 0.05) is 0 Å². The zero-order valence-electron chi connectivity index (χ0n) is 7.05. The number of H-pyrrole nitrogens is 1. The fraction of sp³-hybridized carbons (Fsp3) is 0.125. The maximum atomic E-state index is 12.3. The minimum atomic E-state index is -4.78. The van der Waals surface area contributed by atoms with Crippen molar-refractivity contribution < 1.29 is 18.0 Å². The van der Waals surface area contributed by atoms with E-state index in [-0.39, 0.29) is 6.29 Å². The molecule has 0 bridgehead atoms. The van der Waals surface area contributed by atoms with Gasteiger partial charge >= 0.3 is 6.18 Å². The molecule has 0 aliphatic rings. The van der Waals surface area contributed by atoms with Gasteiger partial charge in [-0.1, -0.05) is 5.92 Å². The monoisotopic (exact) mass is 216 g/mol. The highest BCUT2D eigenvalue weighted by molar-refractivity contribution is 5.74. The Labute approximate surface area is 81.1 Å². The van der Waals surface area contributed by atoms with Gasteiger partial charge in [-0.25, -0.2) is 4.98 Å². The van der Waals surface area contributed by atoms with Crippen LogP contribution in [0.15, 0.2) is 11.1 Å². The number of aromatic nitrogens is 2. The number of carbonyl (C=O) groups excluding carboxylic acids is 1.